The highest BCUT2D eigenvalue weighted by molar-refractivity contribution is 6.36. The van der Waals surface area contributed by atoms with Gasteiger partial charge in [0.05, 0.1) is 10.7 Å². The average Bonchev–Trinajstić information content (AvgIpc) is 2.73. The molecule has 0 aliphatic rings. The molecule has 4 aromatic carbocycles. The number of hydrogen-bond acceptors (Lipinski definition) is 2. The lowest BCUT2D eigenvalue weighted by molar-refractivity contribution is 0.297. The molecule has 0 aliphatic heterocycles. The van der Waals surface area contributed by atoms with Gasteiger partial charge in [0.15, 0.2) is 0 Å². The number of ether oxygens (including phenoxy) is 1. The molecule has 0 aliphatic carbocycles. The summed E-state index contributed by atoms with van der Waals surface area (Å²) in [5, 5.41) is 6.65. The molecule has 0 spiro atoms. The van der Waals surface area contributed by atoms with Crippen molar-refractivity contribution < 1.29 is 9.13 Å². The molecule has 0 aromatic heterocycles. The van der Waals surface area contributed by atoms with Gasteiger partial charge < -0.3 is 10.1 Å². The molecular formula is C24H18Cl2FNO. The second kappa shape index (κ2) is 8.73. The summed E-state index contributed by atoms with van der Waals surface area (Å²) in [5.41, 5.74) is 2.27. The van der Waals surface area contributed by atoms with Gasteiger partial charge in [0, 0.05) is 22.7 Å². The first-order valence-corrected chi connectivity index (χ1v) is 9.93. The third-order valence-electron chi connectivity index (χ3n) is 4.73. The lowest BCUT2D eigenvalue weighted by Gasteiger charge is -2.16. The van der Waals surface area contributed by atoms with Crippen LogP contribution in [0.25, 0.3) is 10.8 Å². The first-order valence-electron chi connectivity index (χ1n) is 9.17. The van der Waals surface area contributed by atoms with Crippen LogP contribution in [0.4, 0.5) is 10.1 Å². The maximum Gasteiger partial charge on any atom is 0.129 e. The van der Waals surface area contributed by atoms with Crippen molar-refractivity contribution >= 4 is 39.7 Å². The first-order chi connectivity index (χ1) is 14.1. The molecule has 0 saturated heterocycles. The van der Waals surface area contributed by atoms with Crippen LogP contribution in [0.5, 0.6) is 5.75 Å². The largest absolute Gasteiger partial charge is 0.488 e. The minimum absolute atomic E-state index is 0.152. The number of benzene rings is 4. The number of anilines is 1. The van der Waals surface area contributed by atoms with E-state index in [1.54, 1.807) is 30.3 Å². The molecule has 146 valence electrons. The Hall–Kier alpha value is -2.75. The van der Waals surface area contributed by atoms with Gasteiger partial charge in [-0.15, -0.1) is 0 Å². The van der Waals surface area contributed by atoms with E-state index in [0.29, 0.717) is 27.9 Å². The lowest BCUT2D eigenvalue weighted by Crippen LogP contribution is -2.05. The summed E-state index contributed by atoms with van der Waals surface area (Å²) < 4.78 is 20.0. The van der Waals surface area contributed by atoms with Crippen molar-refractivity contribution in [3.8, 4) is 5.75 Å². The quantitative estimate of drug-likeness (QED) is 0.345. The summed E-state index contributed by atoms with van der Waals surface area (Å²) in [7, 11) is 0. The number of hydrogen-bond donors (Lipinski definition) is 1. The van der Waals surface area contributed by atoms with Crippen molar-refractivity contribution in [2.24, 2.45) is 0 Å². The van der Waals surface area contributed by atoms with E-state index >= 15 is 0 Å². The monoisotopic (exact) mass is 425 g/mol. The van der Waals surface area contributed by atoms with E-state index in [4.69, 9.17) is 27.9 Å². The molecule has 29 heavy (non-hydrogen) atoms. The van der Waals surface area contributed by atoms with Crippen LogP contribution in [0.2, 0.25) is 10.0 Å². The Morgan fingerprint density at radius 3 is 2.48 bits per heavy atom. The molecule has 4 rings (SSSR count). The highest BCUT2D eigenvalue weighted by atomic mass is 35.5. The van der Waals surface area contributed by atoms with Crippen molar-refractivity contribution in [1.29, 1.82) is 0 Å². The zero-order chi connectivity index (χ0) is 20.2. The molecule has 0 unspecified atom stereocenters. The third-order valence-corrected chi connectivity index (χ3v) is 5.27. The summed E-state index contributed by atoms with van der Waals surface area (Å²) in [5.74, 6) is 0.422. The minimum Gasteiger partial charge on any atom is -0.488 e. The fourth-order valence-electron chi connectivity index (χ4n) is 3.22. The van der Waals surface area contributed by atoms with Crippen molar-refractivity contribution in [2.45, 2.75) is 13.2 Å². The second-order valence-electron chi connectivity index (χ2n) is 6.62. The standard InChI is InChI=1S/C24H18Cl2FNO/c25-18-10-11-23(21(26)13-18)28-14-20-19-7-3-1-5-16(19)9-12-24(20)29-15-17-6-2-4-8-22(17)27/h1-13,28H,14-15H2. The van der Waals surface area contributed by atoms with Gasteiger partial charge in [-0.2, -0.15) is 0 Å². The fourth-order valence-corrected chi connectivity index (χ4v) is 3.70. The van der Waals surface area contributed by atoms with Gasteiger partial charge in [0.1, 0.15) is 18.2 Å². The molecular weight excluding hydrogens is 408 g/mol. The predicted molar refractivity (Wildman–Crippen MR) is 118 cm³/mol. The van der Waals surface area contributed by atoms with Crippen LogP contribution in [0.15, 0.2) is 78.9 Å². The van der Waals surface area contributed by atoms with E-state index in [9.17, 15) is 4.39 Å². The summed E-state index contributed by atoms with van der Waals surface area (Å²) in [6.45, 7) is 0.648. The smallest absolute Gasteiger partial charge is 0.129 e. The highest BCUT2D eigenvalue weighted by Crippen LogP contribution is 2.31. The Kier molecular flexibility index (Phi) is 5.89. The van der Waals surface area contributed by atoms with Gasteiger partial charge in [-0.3, -0.25) is 0 Å². The Labute approximate surface area is 178 Å². The van der Waals surface area contributed by atoms with E-state index in [0.717, 1.165) is 22.0 Å². The molecule has 0 fully saturated rings. The maximum atomic E-state index is 14.0. The predicted octanol–water partition coefficient (Wildman–Crippen LogP) is 7.48. The molecule has 0 bridgehead atoms. The zero-order valence-electron chi connectivity index (χ0n) is 15.5. The van der Waals surface area contributed by atoms with Gasteiger partial charge in [0.25, 0.3) is 0 Å². The van der Waals surface area contributed by atoms with E-state index < -0.39 is 0 Å². The van der Waals surface area contributed by atoms with E-state index in [1.165, 1.54) is 6.07 Å². The topological polar surface area (TPSA) is 21.3 Å². The minimum atomic E-state index is -0.277. The average molecular weight is 426 g/mol. The van der Waals surface area contributed by atoms with Crippen LogP contribution in [-0.4, -0.2) is 0 Å². The number of halogens is 3. The van der Waals surface area contributed by atoms with Gasteiger partial charge in [-0.05, 0) is 41.1 Å². The SMILES string of the molecule is Fc1ccccc1COc1ccc2ccccc2c1CNc1ccc(Cl)cc1Cl. The number of fused-ring (bicyclic) bond motifs is 1. The molecule has 1 N–H and O–H groups in total. The van der Waals surface area contributed by atoms with Crippen LogP contribution < -0.4 is 10.1 Å². The Morgan fingerprint density at radius 2 is 1.66 bits per heavy atom. The normalized spacial score (nSPS) is 10.9. The van der Waals surface area contributed by atoms with Crippen LogP contribution in [0.1, 0.15) is 11.1 Å². The fraction of sp³-hybridized carbons (Fsp3) is 0.0833. The molecule has 0 saturated carbocycles. The highest BCUT2D eigenvalue weighted by Gasteiger charge is 2.11. The van der Waals surface area contributed by atoms with E-state index in [-0.39, 0.29) is 12.4 Å². The molecule has 4 aromatic rings. The summed E-state index contributed by atoms with van der Waals surface area (Å²) in [6, 6.07) is 24.0. The van der Waals surface area contributed by atoms with E-state index in [2.05, 4.69) is 11.4 Å². The molecule has 0 radical (unpaired) electrons. The second-order valence-corrected chi connectivity index (χ2v) is 7.46. The Morgan fingerprint density at radius 1 is 0.862 bits per heavy atom. The molecule has 0 heterocycles. The first kappa shape index (κ1) is 19.6. The van der Waals surface area contributed by atoms with Crippen LogP contribution in [0, 0.1) is 5.82 Å². The van der Waals surface area contributed by atoms with Crippen LogP contribution >= 0.6 is 23.2 Å². The van der Waals surface area contributed by atoms with Gasteiger partial charge >= 0.3 is 0 Å². The maximum absolute atomic E-state index is 14.0. The Bertz CT molecular complexity index is 1160. The Balaban J connectivity index is 1.64. The number of rotatable bonds is 6. The molecule has 0 atom stereocenters. The third kappa shape index (κ3) is 4.47. The van der Waals surface area contributed by atoms with Gasteiger partial charge in [-0.25, -0.2) is 4.39 Å². The van der Waals surface area contributed by atoms with Crippen LogP contribution in [-0.2, 0) is 13.2 Å². The van der Waals surface area contributed by atoms with Crippen LogP contribution in [0.3, 0.4) is 0 Å². The summed E-state index contributed by atoms with van der Waals surface area (Å²) in [4.78, 5) is 0. The van der Waals surface area contributed by atoms with Gasteiger partial charge in [-0.1, -0.05) is 71.7 Å². The van der Waals surface area contributed by atoms with Crippen molar-refractivity contribution in [3.63, 3.8) is 0 Å². The lowest BCUT2D eigenvalue weighted by atomic mass is 10.0. The van der Waals surface area contributed by atoms with Gasteiger partial charge in [0.2, 0.25) is 0 Å². The van der Waals surface area contributed by atoms with Crippen molar-refractivity contribution in [2.75, 3.05) is 5.32 Å². The molecule has 5 heteroatoms. The van der Waals surface area contributed by atoms with E-state index in [1.807, 2.05) is 36.4 Å². The summed E-state index contributed by atoms with van der Waals surface area (Å²) >= 11 is 12.3. The molecule has 0 amide bonds. The van der Waals surface area contributed by atoms with Crippen molar-refractivity contribution in [3.05, 3.63) is 106 Å². The zero-order valence-corrected chi connectivity index (χ0v) is 17.0. The molecule has 2 nitrogen and oxygen atoms in total. The number of nitrogens with one attached hydrogen (secondary N) is 1. The van der Waals surface area contributed by atoms with Crippen molar-refractivity contribution in [1.82, 2.24) is 0 Å². The summed E-state index contributed by atoms with van der Waals surface area (Å²) in [6.07, 6.45) is 0.